The maximum Gasteiger partial charge on any atom is 0.252 e. The van der Waals surface area contributed by atoms with Gasteiger partial charge in [-0.25, -0.2) is 8.42 Å². The summed E-state index contributed by atoms with van der Waals surface area (Å²) in [6.07, 6.45) is 5.94. The Kier molecular flexibility index (Phi) is 4.50. The van der Waals surface area contributed by atoms with Crippen LogP contribution in [0.25, 0.3) is 0 Å². The molecule has 9 nitrogen and oxygen atoms in total. The molecule has 2 unspecified atom stereocenters. The summed E-state index contributed by atoms with van der Waals surface area (Å²) in [6, 6.07) is 1.87. The third kappa shape index (κ3) is 2.74. The van der Waals surface area contributed by atoms with Crippen LogP contribution in [0, 0.1) is 5.92 Å². The van der Waals surface area contributed by atoms with E-state index in [2.05, 4.69) is 4.98 Å². The average molecular weight is 406 g/mol. The van der Waals surface area contributed by atoms with E-state index in [1.54, 1.807) is 0 Å². The molecule has 3 aliphatic rings. The number of nitrogens with zero attached hydrogens (tertiary/aromatic N) is 3. The van der Waals surface area contributed by atoms with Gasteiger partial charge in [0, 0.05) is 25.4 Å². The van der Waals surface area contributed by atoms with Gasteiger partial charge in [0.05, 0.1) is 12.6 Å². The number of sulfonamides is 1. The fourth-order valence-corrected chi connectivity index (χ4v) is 5.99. The number of nitrogens with two attached hydrogens (primary N) is 1. The Morgan fingerprint density at radius 1 is 1.29 bits per heavy atom. The Morgan fingerprint density at radius 3 is 2.64 bits per heavy atom. The highest BCUT2D eigenvalue weighted by molar-refractivity contribution is 7.89. The van der Waals surface area contributed by atoms with Crippen molar-refractivity contribution in [1.82, 2.24) is 14.2 Å². The Bertz CT molecular complexity index is 931. The molecule has 1 aliphatic carbocycles. The van der Waals surface area contributed by atoms with Crippen molar-refractivity contribution in [3.8, 4) is 0 Å². The van der Waals surface area contributed by atoms with Crippen LogP contribution in [0.5, 0.6) is 0 Å². The summed E-state index contributed by atoms with van der Waals surface area (Å²) >= 11 is 0. The number of pyridine rings is 1. The van der Waals surface area contributed by atoms with Gasteiger partial charge in [0.2, 0.25) is 15.9 Å². The minimum atomic E-state index is -4.06. The number of hydrogen-bond acceptors (Lipinski definition) is 6. The van der Waals surface area contributed by atoms with Crippen molar-refractivity contribution < 1.29 is 22.8 Å². The van der Waals surface area contributed by atoms with Crippen LogP contribution in [0.4, 0.5) is 0 Å². The summed E-state index contributed by atoms with van der Waals surface area (Å²) in [6.45, 7) is -0.362. The van der Waals surface area contributed by atoms with E-state index in [-0.39, 0.29) is 30.2 Å². The van der Waals surface area contributed by atoms with Crippen LogP contribution in [0.2, 0.25) is 0 Å². The number of aromatic nitrogens is 1. The molecule has 3 heterocycles. The van der Waals surface area contributed by atoms with Crippen molar-refractivity contribution in [2.45, 2.75) is 48.6 Å². The summed E-state index contributed by atoms with van der Waals surface area (Å²) in [5.41, 5.74) is 3.70. The molecule has 2 atom stereocenters. The summed E-state index contributed by atoms with van der Waals surface area (Å²) in [4.78, 5) is 43.2. The molecule has 150 valence electrons. The molecule has 1 aromatic heterocycles. The third-order valence-electron chi connectivity index (χ3n) is 5.99. The monoisotopic (exact) mass is 406 g/mol. The Morgan fingerprint density at radius 2 is 2.04 bits per heavy atom. The zero-order valence-electron chi connectivity index (χ0n) is 15.3. The third-order valence-corrected chi connectivity index (χ3v) is 7.83. The second kappa shape index (κ2) is 6.63. The fourth-order valence-electron chi connectivity index (χ4n) is 4.39. The zero-order valence-corrected chi connectivity index (χ0v) is 16.1. The van der Waals surface area contributed by atoms with Crippen molar-refractivity contribution >= 4 is 27.6 Å². The first-order valence-corrected chi connectivity index (χ1v) is 10.8. The normalized spacial score (nSPS) is 27.8. The average Bonchev–Trinajstić information content (AvgIpc) is 3.33. The summed E-state index contributed by atoms with van der Waals surface area (Å²) in [7, 11) is -4.06. The van der Waals surface area contributed by atoms with Gasteiger partial charge in [-0.15, -0.1) is 0 Å². The number of Topliss-reactive ketones (excluding diaryl/α,β-unsaturated/α-hetero) is 1. The smallest absolute Gasteiger partial charge is 0.252 e. The number of carbonyl (C=O) groups is 3. The lowest BCUT2D eigenvalue weighted by Crippen LogP contribution is -2.64. The number of primary amides is 1. The van der Waals surface area contributed by atoms with Crippen LogP contribution in [0.15, 0.2) is 29.4 Å². The van der Waals surface area contributed by atoms with Gasteiger partial charge >= 0.3 is 0 Å². The molecule has 0 bridgehead atoms. The van der Waals surface area contributed by atoms with Gasteiger partial charge in [-0.3, -0.25) is 19.4 Å². The number of likely N-dealkylation sites (tertiary alicyclic amines) is 1. The van der Waals surface area contributed by atoms with Gasteiger partial charge in [-0.2, -0.15) is 4.31 Å². The lowest BCUT2D eigenvalue weighted by molar-refractivity contribution is -0.149. The van der Waals surface area contributed by atoms with Gasteiger partial charge in [0.25, 0.3) is 5.91 Å². The second-order valence-corrected chi connectivity index (χ2v) is 9.52. The van der Waals surface area contributed by atoms with Crippen molar-refractivity contribution in [3.05, 3.63) is 24.5 Å². The molecule has 0 aromatic carbocycles. The van der Waals surface area contributed by atoms with E-state index in [9.17, 15) is 22.8 Å². The number of ketones is 1. The van der Waals surface area contributed by atoms with Gasteiger partial charge in [0.15, 0.2) is 11.3 Å². The lowest BCUT2D eigenvalue weighted by Gasteiger charge is -2.34. The highest BCUT2D eigenvalue weighted by atomic mass is 32.2. The molecule has 4 rings (SSSR count). The maximum atomic E-state index is 13.1. The molecule has 1 aromatic rings. The first-order valence-electron chi connectivity index (χ1n) is 9.35. The lowest BCUT2D eigenvalue weighted by atomic mass is 9.89. The first-order chi connectivity index (χ1) is 13.3. The molecule has 2 N–H and O–H groups in total. The van der Waals surface area contributed by atoms with Crippen LogP contribution in [0.1, 0.15) is 32.1 Å². The zero-order chi connectivity index (χ0) is 20.1. The Labute approximate surface area is 162 Å². The summed E-state index contributed by atoms with van der Waals surface area (Å²) in [5.74, 6) is -1.41. The minimum absolute atomic E-state index is 0.0680. The maximum absolute atomic E-state index is 13.1. The van der Waals surface area contributed by atoms with Gasteiger partial charge in [-0.05, 0) is 30.9 Å². The Balaban J connectivity index is 1.68. The Hall–Kier alpha value is -2.33. The van der Waals surface area contributed by atoms with E-state index in [0.29, 0.717) is 12.3 Å². The molecule has 3 fully saturated rings. The van der Waals surface area contributed by atoms with Crippen LogP contribution in [0.3, 0.4) is 0 Å². The molecule has 1 saturated carbocycles. The van der Waals surface area contributed by atoms with Crippen molar-refractivity contribution in [1.29, 1.82) is 0 Å². The molecular weight excluding hydrogens is 384 g/mol. The molecule has 0 radical (unpaired) electrons. The van der Waals surface area contributed by atoms with E-state index < -0.39 is 39.8 Å². The molecular formula is C18H22N4O5S. The standard InChI is InChI=1S/C18H22N4O5S/c19-17(25)18-14(7-9-21(18)16(24)6-5-12-3-4-12)22(11-15(18)23)28(26,27)13-2-1-8-20-10-13/h1-2,8,10,12,14H,3-7,9,11H2,(H2,19,25). The van der Waals surface area contributed by atoms with Crippen LogP contribution in [-0.2, 0) is 24.4 Å². The number of amides is 2. The predicted octanol–water partition coefficient (Wildman–Crippen LogP) is -0.330. The van der Waals surface area contributed by atoms with Gasteiger partial charge in [-0.1, -0.05) is 12.8 Å². The topological polar surface area (TPSA) is 131 Å². The fraction of sp³-hybridized carbons (Fsp3) is 0.556. The largest absolute Gasteiger partial charge is 0.367 e. The molecule has 2 amide bonds. The molecule has 2 aliphatic heterocycles. The van der Waals surface area contributed by atoms with Gasteiger partial charge in [0.1, 0.15) is 4.90 Å². The van der Waals surface area contributed by atoms with Gasteiger partial charge < -0.3 is 10.6 Å². The second-order valence-electron chi connectivity index (χ2n) is 7.62. The van der Waals surface area contributed by atoms with Crippen LogP contribution < -0.4 is 5.73 Å². The molecule has 28 heavy (non-hydrogen) atoms. The highest BCUT2D eigenvalue weighted by Gasteiger charge is 2.68. The van der Waals surface area contributed by atoms with E-state index in [0.717, 1.165) is 17.1 Å². The SMILES string of the molecule is NC(=O)C12C(=O)CN(S(=O)(=O)c3cccnc3)C1CCN2C(=O)CCC1CC1. The molecule has 2 saturated heterocycles. The number of hydrogen-bond donors (Lipinski definition) is 1. The van der Waals surface area contributed by atoms with Crippen molar-refractivity contribution in [2.24, 2.45) is 11.7 Å². The van der Waals surface area contributed by atoms with Crippen LogP contribution in [-0.4, -0.2) is 64.9 Å². The van der Waals surface area contributed by atoms with Crippen molar-refractivity contribution in [2.75, 3.05) is 13.1 Å². The molecule has 10 heteroatoms. The van der Waals surface area contributed by atoms with E-state index in [1.807, 2.05) is 0 Å². The number of fused-ring (bicyclic) bond motifs is 1. The number of rotatable bonds is 6. The van der Waals surface area contributed by atoms with E-state index in [4.69, 9.17) is 5.73 Å². The quantitative estimate of drug-likeness (QED) is 0.644. The summed E-state index contributed by atoms with van der Waals surface area (Å²) < 4.78 is 27.1. The highest BCUT2D eigenvalue weighted by Crippen LogP contribution is 2.43. The summed E-state index contributed by atoms with van der Waals surface area (Å²) in [5, 5.41) is 0. The van der Waals surface area contributed by atoms with Crippen LogP contribution >= 0.6 is 0 Å². The predicted molar refractivity (Wildman–Crippen MR) is 97.1 cm³/mol. The first kappa shape index (κ1) is 19.0. The number of carbonyl (C=O) groups excluding carboxylic acids is 3. The minimum Gasteiger partial charge on any atom is -0.367 e. The van der Waals surface area contributed by atoms with Crippen molar-refractivity contribution in [3.63, 3.8) is 0 Å². The van der Waals surface area contributed by atoms with E-state index in [1.165, 1.54) is 29.4 Å². The van der Waals surface area contributed by atoms with E-state index >= 15 is 0 Å². The molecule has 0 spiro atoms.